The Bertz CT molecular complexity index is 702. The van der Waals surface area contributed by atoms with Crippen LogP contribution in [0.25, 0.3) is 11.3 Å². The molecule has 0 saturated carbocycles. The highest BCUT2D eigenvalue weighted by molar-refractivity contribution is 5.81. The molecule has 1 aliphatic rings. The van der Waals surface area contributed by atoms with Gasteiger partial charge in [0.15, 0.2) is 0 Å². The Morgan fingerprint density at radius 3 is 2.80 bits per heavy atom. The van der Waals surface area contributed by atoms with Gasteiger partial charge in [-0.2, -0.15) is 5.10 Å². The van der Waals surface area contributed by atoms with E-state index in [9.17, 15) is 4.79 Å². The van der Waals surface area contributed by atoms with Crippen molar-refractivity contribution < 1.29 is 4.79 Å². The molecule has 2 N–H and O–H groups in total. The van der Waals surface area contributed by atoms with Crippen LogP contribution >= 0.6 is 0 Å². The molecule has 3 rings (SSSR count). The van der Waals surface area contributed by atoms with E-state index in [2.05, 4.69) is 32.5 Å². The van der Waals surface area contributed by atoms with Crippen LogP contribution in [-0.2, 0) is 11.3 Å². The molecule has 1 unspecified atom stereocenters. The van der Waals surface area contributed by atoms with E-state index in [-0.39, 0.29) is 11.3 Å². The van der Waals surface area contributed by atoms with Crippen molar-refractivity contribution in [2.75, 3.05) is 19.6 Å². The third kappa shape index (κ3) is 4.48. The van der Waals surface area contributed by atoms with Crippen LogP contribution in [0.5, 0.6) is 0 Å². The van der Waals surface area contributed by atoms with Gasteiger partial charge in [0.2, 0.25) is 5.91 Å². The zero-order valence-corrected chi connectivity index (χ0v) is 15.4. The number of likely N-dealkylation sites (tertiary alicyclic amines) is 1. The molecular formula is C20H28N4O. The lowest BCUT2D eigenvalue weighted by molar-refractivity contribution is -0.128. The number of carbonyl (C=O) groups is 1. The largest absolute Gasteiger partial charge is 0.355 e. The number of aromatic amines is 1. The number of nitrogens with zero attached hydrogens (tertiary/aromatic N) is 2. The molecule has 0 aliphatic carbocycles. The molecule has 0 radical (unpaired) electrons. The fourth-order valence-corrected chi connectivity index (χ4v) is 3.25. The summed E-state index contributed by atoms with van der Waals surface area (Å²) in [5.41, 5.74) is 3.18. The smallest absolute Gasteiger partial charge is 0.225 e. The molecule has 1 amide bonds. The van der Waals surface area contributed by atoms with Crippen LogP contribution in [-0.4, -0.2) is 40.6 Å². The third-order valence-corrected chi connectivity index (χ3v) is 4.78. The van der Waals surface area contributed by atoms with Crippen LogP contribution in [0.3, 0.4) is 0 Å². The fourth-order valence-electron chi connectivity index (χ4n) is 3.25. The Hall–Kier alpha value is -2.14. The lowest BCUT2D eigenvalue weighted by Crippen LogP contribution is -2.38. The van der Waals surface area contributed by atoms with Gasteiger partial charge < -0.3 is 5.32 Å². The van der Waals surface area contributed by atoms with Gasteiger partial charge in [0.25, 0.3) is 0 Å². The molecule has 0 spiro atoms. The number of amides is 1. The number of carbonyl (C=O) groups excluding carboxylic acids is 1. The Labute approximate surface area is 149 Å². The van der Waals surface area contributed by atoms with Crippen molar-refractivity contribution in [1.82, 2.24) is 20.4 Å². The van der Waals surface area contributed by atoms with Crippen LogP contribution in [0.2, 0.25) is 0 Å². The first-order chi connectivity index (χ1) is 11.9. The second kappa shape index (κ2) is 7.40. The van der Waals surface area contributed by atoms with Crippen molar-refractivity contribution in [3.8, 4) is 11.3 Å². The predicted molar refractivity (Wildman–Crippen MR) is 99.9 cm³/mol. The van der Waals surface area contributed by atoms with Gasteiger partial charge in [-0.15, -0.1) is 0 Å². The van der Waals surface area contributed by atoms with Crippen LogP contribution < -0.4 is 5.32 Å². The quantitative estimate of drug-likeness (QED) is 0.879. The monoisotopic (exact) mass is 340 g/mol. The van der Waals surface area contributed by atoms with E-state index < -0.39 is 0 Å². The van der Waals surface area contributed by atoms with Gasteiger partial charge in [-0.25, -0.2) is 0 Å². The molecule has 1 aliphatic heterocycles. The summed E-state index contributed by atoms with van der Waals surface area (Å²) in [6.07, 6.45) is 3.06. The summed E-state index contributed by atoms with van der Waals surface area (Å²) in [4.78, 5) is 14.5. The Kier molecular flexibility index (Phi) is 5.23. The van der Waals surface area contributed by atoms with Gasteiger partial charge in [0.05, 0.1) is 11.9 Å². The summed E-state index contributed by atoms with van der Waals surface area (Å²) in [5.74, 6) is 0.658. The molecule has 5 nitrogen and oxygen atoms in total. The third-order valence-electron chi connectivity index (χ3n) is 4.78. The van der Waals surface area contributed by atoms with Crippen molar-refractivity contribution in [2.45, 2.75) is 33.7 Å². The summed E-state index contributed by atoms with van der Waals surface area (Å²) < 4.78 is 0. The first-order valence-electron chi connectivity index (χ1n) is 9.02. The van der Waals surface area contributed by atoms with E-state index in [1.54, 1.807) is 0 Å². The summed E-state index contributed by atoms with van der Waals surface area (Å²) in [6.45, 7) is 9.60. The van der Waals surface area contributed by atoms with E-state index in [4.69, 9.17) is 0 Å². The molecular weight excluding hydrogens is 312 g/mol. The van der Waals surface area contributed by atoms with E-state index in [0.29, 0.717) is 5.92 Å². The molecule has 0 bridgehead atoms. The van der Waals surface area contributed by atoms with Crippen LogP contribution in [0.15, 0.2) is 36.5 Å². The van der Waals surface area contributed by atoms with Crippen LogP contribution in [0, 0.1) is 11.3 Å². The zero-order valence-electron chi connectivity index (χ0n) is 15.4. The van der Waals surface area contributed by atoms with Crippen molar-refractivity contribution in [1.29, 1.82) is 0 Å². The number of hydrogen-bond donors (Lipinski definition) is 2. The molecule has 1 aromatic heterocycles. The molecule has 1 fully saturated rings. The average molecular weight is 340 g/mol. The maximum absolute atomic E-state index is 12.0. The van der Waals surface area contributed by atoms with Gasteiger partial charge in [0.1, 0.15) is 0 Å². The highest BCUT2D eigenvalue weighted by Crippen LogP contribution is 2.25. The lowest BCUT2D eigenvalue weighted by atomic mass is 9.95. The number of H-pyrrole nitrogens is 1. The second-order valence-electron chi connectivity index (χ2n) is 7.99. The maximum atomic E-state index is 12.0. The minimum absolute atomic E-state index is 0.132. The minimum Gasteiger partial charge on any atom is -0.355 e. The highest BCUT2D eigenvalue weighted by atomic mass is 16.2. The van der Waals surface area contributed by atoms with Crippen molar-refractivity contribution >= 4 is 5.91 Å². The standard InChI is InChI=1S/C20H28N4O/c1-20(2,3)19(25)21-11-15-9-10-24(13-15)14-17-12-22-23-18(17)16-7-5-4-6-8-16/h4-8,12,15H,9-11,13-14H2,1-3H3,(H,21,25)(H,22,23). The molecule has 2 aromatic rings. The van der Waals surface area contributed by atoms with Crippen molar-refractivity contribution in [3.05, 3.63) is 42.1 Å². The van der Waals surface area contributed by atoms with Gasteiger partial charge >= 0.3 is 0 Å². The van der Waals surface area contributed by atoms with Crippen LogP contribution in [0.4, 0.5) is 0 Å². The van der Waals surface area contributed by atoms with Gasteiger partial charge in [-0.05, 0) is 24.4 Å². The zero-order chi connectivity index (χ0) is 17.9. The predicted octanol–water partition coefficient (Wildman–Crippen LogP) is 3.06. The second-order valence-corrected chi connectivity index (χ2v) is 7.99. The normalized spacial score (nSPS) is 18.4. The van der Waals surface area contributed by atoms with E-state index >= 15 is 0 Å². The van der Waals surface area contributed by atoms with E-state index in [0.717, 1.165) is 38.3 Å². The Morgan fingerprint density at radius 2 is 2.08 bits per heavy atom. The summed E-state index contributed by atoms with van der Waals surface area (Å²) in [5, 5.41) is 10.5. The molecule has 5 heteroatoms. The molecule has 25 heavy (non-hydrogen) atoms. The first-order valence-corrected chi connectivity index (χ1v) is 9.02. The molecule has 1 atom stereocenters. The number of benzene rings is 1. The number of hydrogen-bond acceptors (Lipinski definition) is 3. The highest BCUT2D eigenvalue weighted by Gasteiger charge is 2.26. The summed E-state index contributed by atoms with van der Waals surface area (Å²) >= 11 is 0. The number of rotatable bonds is 5. The molecule has 1 aromatic carbocycles. The maximum Gasteiger partial charge on any atom is 0.225 e. The topological polar surface area (TPSA) is 61.0 Å². The van der Waals surface area contributed by atoms with E-state index in [1.807, 2.05) is 45.2 Å². The SMILES string of the molecule is CC(C)(C)C(=O)NCC1CCN(Cc2cn[nH]c2-c2ccccc2)C1. The Balaban J connectivity index is 1.54. The lowest BCUT2D eigenvalue weighted by Gasteiger charge is -2.20. The summed E-state index contributed by atoms with van der Waals surface area (Å²) in [7, 11) is 0. The average Bonchev–Trinajstić information content (AvgIpc) is 3.22. The van der Waals surface area contributed by atoms with Gasteiger partial charge in [0, 0.05) is 30.6 Å². The van der Waals surface area contributed by atoms with Crippen LogP contribution in [0.1, 0.15) is 32.8 Å². The van der Waals surface area contributed by atoms with E-state index in [1.165, 1.54) is 11.1 Å². The number of aromatic nitrogens is 2. The van der Waals surface area contributed by atoms with Crippen molar-refractivity contribution in [2.24, 2.45) is 11.3 Å². The number of nitrogens with one attached hydrogen (secondary N) is 2. The fraction of sp³-hybridized carbons (Fsp3) is 0.500. The summed E-state index contributed by atoms with van der Waals surface area (Å²) in [6, 6.07) is 10.3. The first kappa shape index (κ1) is 17.7. The van der Waals surface area contributed by atoms with Crippen molar-refractivity contribution in [3.63, 3.8) is 0 Å². The molecule has 1 saturated heterocycles. The van der Waals surface area contributed by atoms with Gasteiger partial charge in [-0.1, -0.05) is 51.1 Å². The molecule has 2 heterocycles. The molecule has 134 valence electrons. The van der Waals surface area contributed by atoms with Gasteiger partial charge in [-0.3, -0.25) is 14.8 Å². The minimum atomic E-state index is -0.320. The Morgan fingerprint density at radius 1 is 1.32 bits per heavy atom.